The molecule has 0 spiro atoms. The molecule has 1 aromatic carbocycles. The number of aliphatic imine (C=N–C) groups is 1. The van der Waals surface area contributed by atoms with E-state index in [1.807, 2.05) is 0 Å². The number of nitrogens with one attached hydrogen (secondary N) is 1. The Labute approximate surface area is 204 Å². The lowest BCUT2D eigenvalue weighted by molar-refractivity contribution is -0.119. The summed E-state index contributed by atoms with van der Waals surface area (Å²) in [6.07, 6.45) is 2.64. The van der Waals surface area contributed by atoms with Crippen LogP contribution in [-0.2, 0) is 11.3 Å². The molecule has 0 saturated carbocycles. The molecule has 0 aliphatic carbocycles. The molecule has 1 amide bonds. The molecule has 2 saturated heterocycles. The van der Waals surface area contributed by atoms with E-state index in [0.29, 0.717) is 12.3 Å². The van der Waals surface area contributed by atoms with E-state index >= 15 is 0 Å². The number of rotatable bonds is 8. The van der Waals surface area contributed by atoms with E-state index in [4.69, 9.17) is 10.7 Å². The third-order valence-corrected chi connectivity index (χ3v) is 6.03. The Morgan fingerprint density at radius 3 is 2.52 bits per heavy atom. The number of amides is 1. The number of nitrogens with two attached hydrogens (primary N) is 1. The van der Waals surface area contributed by atoms with Crippen molar-refractivity contribution in [3.63, 3.8) is 0 Å². The van der Waals surface area contributed by atoms with Gasteiger partial charge in [-0.05, 0) is 31.2 Å². The summed E-state index contributed by atoms with van der Waals surface area (Å²) in [6, 6.07) is 10.7. The first-order valence-corrected chi connectivity index (χ1v) is 11.4. The molecule has 3 N–H and O–H groups in total. The van der Waals surface area contributed by atoms with Crippen LogP contribution in [0.3, 0.4) is 0 Å². The van der Waals surface area contributed by atoms with Crippen LogP contribution < -0.4 is 11.1 Å². The minimum atomic E-state index is -0.199. The summed E-state index contributed by atoms with van der Waals surface area (Å²) in [5, 5.41) is 3.43. The predicted octanol–water partition coefficient (Wildman–Crippen LogP) is 1.98. The number of hydrogen-bond donors (Lipinski definition) is 2. The van der Waals surface area contributed by atoms with E-state index in [0.717, 1.165) is 84.2 Å². The molecule has 1 atom stereocenters. The molecule has 2 aliphatic heterocycles. The Balaban J connectivity index is 0.00000341. The van der Waals surface area contributed by atoms with Crippen molar-refractivity contribution in [1.82, 2.24) is 20.0 Å². The summed E-state index contributed by atoms with van der Waals surface area (Å²) >= 11 is 0. The Hall–Kier alpha value is -1.39. The highest BCUT2D eigenvalue weighted by Gasteiger charge is 2.23. The second-order valence-electron chi connectivity index (χ2n) is 8.46. The predicted molar refractivity (Wildman–Crippen MR) is 138 cm³/mol. The number of hydrogen-bond acceptors (Lipinski definition) is 4. The van der Waals surface area contributed by atoms with Crippen LogP contribution in [-0.4, -0.2) is 85.5 Å². The van der Waals surface area contributed by atoms with Gasteiger partial charge in [-0.1, -0.05) is 30.3 Å². The molecule has 0 bridgehead atoms. The largest absolute Gasteiger partial charge is 0.370 e. The standard InChI is InChI=1S/C23H38N6O.HI/c1-2-25-23(29-11-6-9-21(19-29)17-22(24)30)26-10-12-27-13-15-28(16-14-27)18-20-7-4-3-5-8-20;/h3-5,7-8,21H,2,6,9-19H2,1H3,(H2,24,30)(H,25,26);1H. The highest BCUT2D eigenvalue weighted by molar-refractivity contribution is 14.0. The summed E-state index contributed by atoms with van der Waals surface area (Å²) < 4.78 is 0. The summed E-state index contributed by atoms with van der Waals surface area (Å²) in [6.45, 7) is 12.1. The lowest BCUT2D eigenvalue weighted by Crippen LogP contribution is -2.48. The third-order valence-electron chi connectivity index (χ3n) is 6.03. The average molecular weight is 543 g/mol. The van der Waals surface area contributed by atoms with Crippen molar-refractivity contribution in [1.29, 1.82) is 0 Å². The van der Waals surface area contributed by atoms with Gasteiger partial charge in [0.1, 0.15) is 0 Å². The molecule has 0 radical (unpaired) electrons. The van der Waals surface area contributed by atoms with Crippen LogP contribution in [0.15, 0.2) is 35.3 Å². The van der Waals surface area contributed by atoms with E-state index < -0.39 is 0 Å². The molecule has 31 heavy (non-hydrogen) atoms. The molecular weight excluding hydrogens is 503 g/mol. The highest BCUT2D eigenvalue weighted by Crippen LogP contribution is 2.19. The fraction of sp³-hybridized carbons (Fsp3) is 0.652. The van der Waals surface area contributed by atoms with Crippen molar-refractivity contribution < 1.29 is 4.79 Å². The third kappa shape index (κ3) is 8.94. The number of guanidine groups is 1. The number of primary amides is 1. The van der Waals surface area contributed by atoms with Crippen molar-refractivity contribution in [2.45, 2.75) is 32.7 Å². The first-order valence-electron chi connectivity index (χ1n) is 11.4. The second-order valence-corrected chi connectivity index (χ2v) is 8.46. The Morgan fingerprint density at radius 1 is 1.13 bits per heavy atom. The molecule has 0 aromatic heterocycles. The van der Waals surface area contributed by atoms with Gasteiger partial charge in [-0.25, -0.2) is 0 Å². The summed E-state index contributed by atoms with van der Waals surface area (Å²) in [5.41, 5.74) is 6.80. The maximum absolute atomic E-state index is 11.3. The quantitative estimate of drug-likeness (QED) is 0.299. The maximum Gasteiger partial charge on any atom is 0.217 e. The minimum absolute atomic E-state index is 0. The van der Waals surface area contributed by atoms with Gasteiger partial charge >= 0.3 is 0 Å². The molecule has 8 heteroatoms. The van der Waals surface area contributed by atoms with Gasteiger partial charge < -0.3 is 16.0 Å². The van der Waals surface area contributed by atoms with Crippen LogP contribution in [0.4, 0.5) is 0 Å². The van der Waals surface area contributed by atoms with Crippen molar-refractivity contribution >= 4 is 35.8 Å². The van der Waals surface area contributed by atoms with Crippen LogP contribution in [0.2, 0.25) is 0 Å². The van der Waals surface area contributed by atoms with E-state index in [1.165, 1.54) is 5.56 Å². The Kier molecular flexibility index (Phi) is 11.6. The van der Waals surface area contributed by atoms with Gasteiger partial charge in [0.2, 0.25) is 5.91 Å². The fourth-order valence-corrected chi connectivity index (χ4v) is 4.44. The Bertz CT molecular complexity index is 678. The fourth-order valence-electron chi connectivity index (χ4n) is 4.44. The van der Waals surface area contributed by atoms with Crippen LogP contribution in [0.25, 0.3) is 0 Å². The van der Waals surface area contributed by atoms with Gasteiger partial charge in [0.15, 0.2) is 5.96 Å². The molecule has 2 heterocycles. The Morgan fingerprint density at radius 2 is 1.84 bits per heavy atom. The van der Waals surface area contributed by atoms with Gasteiger partial charge in [-0.15, -0.1) is 24.0 Å². The first-order chi connectivity index (χ1) is 14.6. The maximum atomic E-state index is 11.3. The molecule has 2 aliphatic rings. The number of piperazine rings is 1. The van der Waals surface area contributed by atoms with Gasteiger partial charge in [0, 0.05) is 65.3 Å². The van der Waals surface area contributed by atoms with E-state index in [-0.39, 0.29) is 29.9 Å². The lowest BCUT2D eigenvalue weighted by atomic mass is 9.95. The number of likely N-dealkylation sites (tertiary alicyclic amines) is 1. The topological polar surface area (TPSA) is 77.2 Å². The van der Waals surface area contributed by atoms with Crippen molar-refractivity contribution in [3.05, 3.63) is 35.9 Å². The van der Waals surface area contributed by atoms with E-state index in [2.05, 4.69) is 57.3 Å². The lowest BCUT2D eigenvalue weighted by Gasteiger charge is -2.35. The van der Waals surface area contributed by atoms with Crippen molar-refractivity contribution in [2.75, 3.05) is 58.9 Å². The van der Waals surface area contributed by atoms with Crippen LogP contribution in [0.1, 0.15) is 31.7 Å². The molecule has 7 nitrogen and oxygen atoms in total. The normalized spacial score (nSPS) is 20.9. The zero-order valence-corrected chi connectivity index (χ0v) is 21.2. The van der Waals surface area contributed by atoms with Gasteiger partial charge in [0.05, 0.1) is 6.54 Å². The minimum Gasteiger partial charge on any atom is -0.370 e. The molecule has 3 rings (SSSR count). The molecule has 174 valence electrons. The van der Waals surface area contributed by atoms with E-state index in [1.54, 1.807) is 0 Å². The first kappa shape index (κ1) is 25.9. The van der Waals surface area contributed by atoms with Gasteiger partial charge in [-0.3, -0.25) is 19.6 Å². The van der Waals surface area contributed by atoms with Gasteiger partial charge in [0.25, 0.3) is 0 Å². The van der Waals surface area contributed by atoms with Crippen LogP contribution in [0, 0.1) is 5.92 Å². The second kappa shape index (κ2) is 13.9. The SMILES string of the molecule is CCNC(=NCCN1CCN(Cc2ccccc2)CC1)N1CCCC(CC(N)=O)C1.I. The summed E-state index contributed by atoms with van der Waals surface area (Å²) in [5.74, 6) is 1.13. The van der Waals surface area contributed by atoms with Crippen molar-refractivity contribution in [3.8, 4) is 0 Å². The smallest absolute Gasteiger partial charge is 0.217 e. The number of carbonyl (C=O) groups excluding carboxylic acids is 1. The molecular formula is C23H39IN6O. The van der Waals surface area contributed by atoms with E-state index in [9.17, 15) is 4.79 Å². The summed E-state index contributed by atoms with van der Waals surface area (Å²) in [4.78, 5) is 23.5. The van der Waals surface area contributed by atoms with Crippen LogP contribution in [0.5, 0.6) is 0 Å². The highest BCUT2D eigenvalue weighted by atomic mass is 127. The molecule has 1 aromatic rings. The molecule has 2 fully saturated rings. The monoisotopic (exact) mass is 542 g/mol. The zero-order valence-electron chi connectivity index (χ0n) is 18.8. The summed E-state index contributed by atoms with van der Waals surface area (Å²) in [7, 11) is 0. The number of nitrogens with zero attached hydrogens (tertiary/aromatic N) is 4. The van der Waals surface area contributed by atoms with Crippen LogP contribution >= 0.6 is 24.0 Å². The van der Waals surface area contributed by atoms with Crippen molar-refractivity contribution in [2.24, 2.45) is 16.6 Å². The number of carbonyl (C=O) groups is 1. The zero-order chi connectivity index (χ0) is 21.2. The molecule has 1 unspecified atom stereocenters. The number of halogens is 1. The number of benzene rings is 1. The number of piperidine rings is 1. The average Bonchev–Trinajstić information content (AvgIpc) is 2.75. The van der Waals surface area contributed by atoms with Gasteiger partial charge in [-0.2, -0.15) is 0 Å².